The third kappa shape index (κ3) is 2.15. The Morgan fingerprint density at radius 1 is 1.06 bits per heavy atom. The first kappa shape index (κ1) is 11.0. The fourth-order valence-electron chi connectivity index (χ4n) is 2.50. The molecule has 0 saturated heterocycles. The molecule has 86 valence electrons. The van der Waals surface area contributed by atoms with Gasteiger partial charge in [0.15, 0.2) is 0 Å². The van der Waals surface area contributed by atoms with Gasteiger partial charge in [0, 0.05) is 23.5 Å². The average Bonchev–Trinajstić information content (AvgIpc) is 2.39. The molecule has 1 aliphatic rings. The second-order valence-electron chi connectivity index (χ2n) is 4.44. The van der Waals surface area contributed by atoms with E-state index in [0.29, 0.717) is 5.92 Å². The molecule has 1 N–H and O–H groups in total. The van der Waals surface area contributed by atoms with Gasteiger partial charge in [0.05, 0.1) is 0 Å². The predicted molar refractivity (Wildman–Crippen MR) is 74.1 cm³/mol. The van der Waals surface area contributed by atoms with Gasteiger partial charge in [-0.15, -0.1) is 0 Å². The molecule has 0 fully saturated rings. The van der Waals surface area contributed by atoms with Crippen LogP contribution in [-0.2, 0) is 6.54 Å². The van der Waals surface area contributed by atoms with Crippen molar-refractivity contribution in [2.45, 2.75) is 12.5 Å². The van der Waals surface area contributed by atoms with E-state index in [1.54, 1.807) is 0 Å². The maximum atomic E-state index is 3.57. The largest absolute Gasteiger partial charge is 0.312 e. The lowest BCUT2D eigenvalue weighted by Gasteiger charge is -2.27. The van der Waals surface area contributed by atoms with Crippen LogP contribution in [0.4, 0.5) is 0 Å². The Hall–Kier alpha value is -1.12. The van der Waals surface area contributed by atoms with Crippen molar-refractivity contribution in [3.05, 3.63) is 69.7 Å². The van der Waals surface area contributed by atoms with Crippen LogP contribution in [0.5, 0.6) is 0 Å². The van der Waals surface area contributed by atoms with E-state index in [1.165, 1.54) is 21.2 Å². The maximum absolute atomic E-state index is 3.57. The number of rotatable bonds is 1. The smallest absolute Gasteiger partial charge is 0.0218 e. The van der Waals surface area contributed by atoms with Gasteiger partial charge in [0.2, 0.25) is 0 Å². The first-order valence-electron chi connectivity index (χ1n) is 5.88. The van der Waals surface area contributed by atoms with Crippen LogP contribution in [0.1, 0.15) is 22.6 Å². The van der Waals surface area contributed by atoms with Crippen LogP contribution in [0, 0.1) is 0 Å². The summed E-state index contributed by atoms with van der Waals surface area (Å²) in [5, 5.41) is 3.49. The highest BCUT2D eigenvalue weighted by Gasteiger charge is 2.21. The van der Waals surface area contributed by atoms with E-state index < -0.39 is 0 Å². The third-order valence-corrected chi connectivity index (χ3v) is 3.84. The van der Waals surface area contributed by atoms with Gasteiger partial charge in [-0.3, -0.25) is 0 Å². The minimum absolute atomic E-state index is 0.470. The first-order valence-corrected chi connectivity index (χ1v) is 6.68. The lowest BCUT2D eigenvalue weighted by Crippen LogP contribution is -2.28. The van der Waals surface area contributed by atoms with Gasteiger partial charge in [-0.25, -0.2) is 0 Å². The number of hydrogen-bond donors (Lipinski definition) is 1. The van der Waals surface area contributed by atoms with E-state index in [9.17, 15) is 0 Å². The molecule has 0 bridgehead atoms. The molecule has 2 aromatic carbocycles. The first-order chi connectivity index (χ1) is 8.34. The third-order valence-electron chi connectivity index (χ3n) is 3.35. The van der Waals surface area contributed by atoms with Gasteiger partial charge in [-0.05, 0) is 28.8 Å². The summed E-state index contributed by atoms with van der Waals surface area (Å²) in [6.07, 6.45) is 0. The summed E-state index contributed by atoms with van der Waals surface area (Å²) in [5.74, 6) is 0.470. The summed E-state index contributed by atoms with van der Waals surface area (Å²) in [5.41, 5.74) is 4.25. The summed E-state index contributed by atoms with van der Waals surface area (Å²) in [4.78, 5) is 0. The zero-order chi connectivity index (χ0) is 11.7. The summed E-state index contributed by atoms with van der Waals surface area (Å²) in [6, 6.07) is 17.3. The summed E-state index contributed by atoms with van der Waals surface area (Å²) in [7, 11) is 0. The van der Waals surface area contributed by atoms with E-state index in [2.05, 4.69) is 69.8 Å². The van der Waals surface area contributed by atoms with Gasteiger partial charge in [0.1, 0.15) is 0 Å². The van der Waals surface area contributed by atoms with E-state index in [1.807, 2.05) is 0 Å². The van der Waals surface area contributed by atoms with E-state index in [0.717, 1.165) is 13.1 Å². The molecular weight excluding hydrogens is 274 g/mol. The van der Waals surface area contributed by atoms with Crippen LogP contribution < -0.4 is 5.32 Å². The Kier molecular flexibility index (Phi) is 3.00. The molecule has 1 unspecified atom stereocenters. The van der Waals surface area contributed by atoms with Gasteiger partial charge in [-0.2, -0.15) is 0 Å². The molecule has 0 amide bonds. The predicted octanol–water partition coefficient (Wildman–Crippen LogP) is 3.68. The molecule has 1 atom stereocenters. The average molecular weight is 288 g/mol. The topological polar surface area (TPSA) is 12.0 Å². The second-order valence-corrected chi connectivity index (χ2v) is 5.35. The molecule has 0 spiro atoms. The Bertz CT molecular complexity index is 522. The molecule has 0 saturated carbocycles. The number of hydrogen-bond acceptors (Lipinski definition) is 1. The SMILES string of the molecule is Brc1ccc2c(c1)C(c1ccccc1)CNC2. The molecule has 0 aliphatic carbocycles. The molecular formula is C15H14BrN. The normalized spacial score (nSPS) is 18.8. The molecule has 2 aromatic rings. The molecule has 0 aromatic heterocycles. The number of halogens is 1. The van der Waals surface area contributed by atoms with Crippen LogP contribution in [0.15, 0.2) is 53.0 Å². The number of benzene rings is 2. The highest BCUT2D eigenvalue weighted by Crippen LogP contribution is 2.31. The fraction of sp³-hybridized carbons (Fsp3) is 0.200. The van der Waals surface area contributed by atoms with E-state index in [-0.39, 0.29) is 0 Å². The van der Waals surface area contributed by atoms with Gasteiger partial charge >= 0.3 is 0 Å². The molecule has 17 heavy (non-hydrogen) atoms. The van der Waals surface area contributed by atoms with Crippen LogP contribution >= 0.6 is 15.9 Å². The molecule has 2 heteroatoms. The van der Waals surface area contributed by atoms with Crippen molar-refractivity contribution in [1.29, 1.82) is 0 Å². The van der Waals surface area contributed by atoms with E-state index in [4.69, 9.17) is 0 Å². The Morgan fingerprint density at radius 2 is 1.88 bits per heavy atom. The van der Waals surface area contributed by atoms with Crippen molar-refractivity contribution in [3.8, 4) is 0 Å². The van der Waals surface area contributed by atoms with E-state index >= 15 is 0 Å². The minimum atomic E-state index is 0.470. The second kappa shape index (κ2) is 4.63. The zero-order valence-corrected chi connectivity index (χ0v) is 11.1. The molecule has 1 nitrogen and oxygen atoms in total. The van der Waals surface area contributed by atoms with Crippen molar-refractivity contribution in [1.82, 2.24) is 5.32 Å². The molecule has 1 aliphatic heterocycles. The minimum Gasteiger partial charge on any atom is -0.312 e. The van der Waals surface area contributed by atoms with Gasteiger partial charge in [0.25, 0.3) is 0 Å². The Balaban J connectivity index is 2.08. The van der Waals surface area contributed by atoms with Crippen LogP contribution in [0.3, 0.4) is 0 Å². The highest BCUT2D eigenvalue weighted by molar-refractivity contribution is 9.10. The highest BCUT2D eigenvalue weighted by atomic mass is 79.9. The van der Waals surface area contributed by atoms with Crippen molar-refractivity contribution < 1.29 is 0 Å². The monoisotopic (exact) mass is 287 g/mol. The number of nitrogens with one attached hydrogen (secondary N) is 1. The standard InChI is InChI=1S/C15H14BrN/c16-13-7-6-12-9-17-10-15(14(12)8-13)11-4-2-1-3-5-11/h1-8,15,17H,9-10H2. The van der Waals surface area contributed by atoms with Crippen molar-refractivity contribution >= 4 is 15.9 Å². The lowest BCUT2D eigenvalue weighted by molar-refractivity contribution is 0.591. The Morgan fingerprint density at radius 3 is 2.71 bits per heavy atom. The Labute approximate surface area is 110 Å². The zero-order valence-electron chi connectivity index (χ0n) is 9.49. The van der Waals surface area contributed by atoms with Gasteiger partial charge < -0.3 is 5.32 Å². The summed E-state index contributed by atoms with van der Waals surface area (Å²) < 4.78 is 1.17. The van der Waals surface area contributed by atoms with Crippen LogP contribution in [-0.4, -0.2) is 6.54 Å². The molecule has 0 radical (unpaired) electrons. The maximum Gasteiger partial charge on any atom is 0.0218 e. The van der Waals surface area contributed by atoms with Crippen LogP contribution in [0.25, 0.3) is 0 Å². The fourth-order valence-corrected chi connectivity index (χ4v) is 2.87. The lowest BCUT2D eigenvalue weighted by atomic mass is 9.86. The quantitative estimate of drug-likeness (QED) is 0.844. The summed E-state index contributed by atoms with van der Waals surface area (Å²) in [6.45, 7) is 2.00. The number of fused-ring (bicyclic) bond motifs is 1. The van der Waals surface area contributed by atoms with Crippen molar-refractivity contribution in [2.24, 2.45) is 0 Å². The van der Waals surface area contributed by atoms with Crippen molar-refractivity contribution in [2.75, 3.05) is 6.54 Å². The summed E-state index contributed by atoms with van der Waals surface area (Å²) >= 11 is 3.57. The van der Waals surface area contributed by atoms with Crippen molar-refractivity contribution in [3.63, 3.8) is 0 Å². The molecule has 1 heterocycles. The molecule has 3 rings (SSSR count). The van der Waals surface area contributed by atoms with Crippen LogP contribution in [0.2, 0.25) is 0 Å². The van der Waals surface area contributed by atoms with Gasteiger partial charge in [-0.1, -0.05) is 52.3 Å².